The molecule has 25 heavy (non-hydrogen) atoms. The summed E-state index contributed by atoms with van der Waals surface area (Å²) in [5.74, 6) is 0.253. The quantitative estimate of drug-likeness (QED) is 0.669. The molecule has 0 saturated carbocycles. The Hall–Kier alpha value is -2.41. The van der Waals surface area contributed by atoms with Crippen molar-refractivity contribution < 1.29 is 13.9 Å². The van der Waals surface area contributed by atoms with Crippen LogP contribution in [0.1, 0.15) is 23.4 Å². The number of benzene rings is 1. The molecule has 1 aliphatic rings. The van der Waals surface area contributed by atoms with E-state index in [0.717, 1.165) is 28.3 Å². The predicted octanol–water partition coefficient (Wildman–Crippen LogP) is 3.67. The van der Waals surface area contributed by atoms with Gasteiger partial charge in [0.05, 0.1) is 11.0 Å². The first-order valence-corrected chi connectivity index (χ1v) is 8.90. The maximum Gasteiger partial charge on any atom is 0.316 e. The second-order valence-electron chi connectivity index (χ2n) is 5.97. The average molecular weight is 402 g/mol. The molecule has 7 heteroatoms. The number of nitrogens with zero attached hydrogens (tertiary/aromatic N) is 3. The number of para-hydroxylation sites is 1. The fraction of sp³-hybridized carbons (Fsp3) is 0.278. The number of rotatable bonds is 3. The number of carbonyl (C=O) groups is 1. The smallest absolute Gasteiger partial charge is 0.316 e. The van der Waals surface area contributed by atoms with Crippen molar-refractivity contribution in [3.05, 3.63) is 53.0 Å². The number of hydrogen-bond acceptors (Lipinski definition) is 5. The van der Waals surface area contributed by atoms with Crippen molar-refractivity contribution in [3.8, 4) is 6.01 Å². The summed E-state index contributed by atoms with van der Waals surface area (Å²) in [6.45, 7) is 1.19. The molecule has 128 valence electrons. The molecule has 0 N–H and O–H groups in total. The number of ether oxygens (including phenoxy) is 1. The summed E-state index contributed by atoms with van der Waals surface area (Å²) in [4.78, 5) is 22.8. The monoisotopic (exact) mass is 401 g/mol. The van der Waals surface area contributed by atoms with Crippen LogP contribution >= 0.6 is 15.9 Å². The number of hydrogen-bond donors (Lipinski definition) is 0. The van der Waals surface area contributed by atoms with E-state index in [0.29, 0.717) is 24.9 Å². The molecule has 1 aromatic carbocycles. The molecule has 1 fully saturated rings. The lowest BCUT2D eigenvalue weighted by atomic mass is 10.1. The minimum absolute atomic E-state index is 0.110. The van der Waals surface area contributed by atoms with Gasteiger partial charge in [-0.25, -0.2) is 9.97 Å². The summed E-state index contributed by atoms with van der Waals surface area (Å²) in [6.07, 6.45) is 4.89. The zero-order valence-electron chi connectivity index (χ0n) is 13.4. The minimum Gasteiger partial charge on any atom is -0.458 e. The van der Waals surface area contributed by atoms with Crippen molar-refractivity contribution in [2.75, 3.05) is 13.1 Å². The summed E-state index contributed by atoms with van der Waals surface area (Å²) >= 11 is 3.30. The molecule has 6 nitrogen and oxygen atoms in total. The molecule has 0 aliphatic carbocycles. The van der Waals surface area contributed by atoms with E-state index in [1.54, 1.807) is 23.4 Å². The number of likely N-dealkylation sites (tertiary alicyclic amines) is 1. The Morgan fingerprint density at radius 1 is 1.28 bits per heavy atom. The molecular formula is C18H16BrN3O3. The molecule has 0 bridgehead atoms. The van der Waals surface area contributed by atoms with Crippen molar-refractivity contribution in [1.29, 1.82) is 0 Å². The van der Waals surface area contributed by atoms with Crippen molar-refractivity contribution >= 4 is 32.8 Å². The van der Waals surface area contributed by atoms with Crippen molar-refractivity contribution in [3.63, 3.8) is 0 Å². The van der Waals surface area contributed by atoms with Gasteiger partial charge >= 0.3 is 6.01 Å². The molecule has 1 atom stereocenters. The normalized spacial score (nSPS) is 17.6. The van der Waals surface area contributed by atoms with Crippen LogP contribution < -0.4 is 4.74 Å². The molecule has 1 aliphatic heterocycles. The van der Waals surface area contributed by atoms with Gasteiger partial charge in [-0.15, -0.1) is 0 Å². The van der Waals surface area contributed by atoms with Gasteiger partial charge in [-0.05, 0) is 40.9 Å². The second kappa shape index (κ2) is 6.84. The van der Waals surface area contributed by atoms with E-state index in [1.165, 1.54) is 0 Å². The molecule has 1 unspecified atom stereocenters. The van der Waals surface area contributed by atoms with Gasteiger partial charge in [0, 0.05) is 24.3 Å². The third-order valence-electron chi connectivity index (χ3n) is 4.17. The SMILES string of the molecule is O=C(c1cc2ccccc2o1)N1CCCC(Oc2ncc(Br)cn2)C1. The second-order valence-corrected chi connectivity index (χ2v) is 6.88. The maximum absolute atomic E-state index is 12.8. The first kappa shape index (κ1) is 16.1. The number of carbonyl (C=O) groups excluding carboxylic acids is 1. The van der Waals surface area contributed by atoms with Gasteiger partial charge in [0.1, 0.15) is 11.7 Å². The first-order valence-electron chi connectivity index (χ1n) is 8.11. The number of aromatic nitrogens is 2. The summed E-state index contributed by atoms with van der Waals surface area (Å²) in [5.41, 5.74) is 0.721. The zero-order valence-corrected chi connectivity index (χ0v) is 15.0. The summed E-state index contributed by atoms with van der Waals surface area (Å²) in [5, 5.41) is 0.930. The number of amides is 1. The molecule has 2 aromatic heterocycles. The maximum atomic E-state index is 12.8. The molecule has 0 radical (unpaired) electrons. The fourth-order valence-electron chi connectivity index (χ4n) is 2.97. The minimum atomic E-state index is -0.122. The lowest BCUT2D eigenvalue weighted by Crippen LogP contribution is -2.44. The summed E-state index contributed by atoms with van der Waals surface area (Å²) in [7, 11) is 0. The van der Waals surface area contributed by atoms with Crippen LogP contribution in [0.25, 0.3) is 11.0 Å². The Labute approximate surface area is 152 Å². The molecule has 1 amide bonds. The van der Waals surface area contributed by atoms with Crippen LogP contribution in [0.5, 0.6) is 6.01 Å². The predicted molar refractivity (Wildman–Crippen MR) is 95.5 cm³/mol. The van der Waals surface area contributed by atoms with Crippen LogP contribution in [-0.4, -0.2) is 40.0 Å². The van der Waals surface area contributed by atoms with Crippen LogP contribution in [0.2, 0.25) is 0 Å². The lowest BCUT2D eigenvalue weighted by molar-refractivity contribution is 0.0491. The van der Waals surface area contributed by atoms with Crippen LogP contribution in [0.4, 0.5) is 0 Å². The summed E-state index contributed by atoms with van der Waals surface area (Å²) < 4.78 is 12.3. The number of piperidine rings is 1. The van der Waals surface area contributed by atoms with Crippen LogP contribution in [-0.2, 0) is 0 Å². The third kappa shape index (κ3) is 3.51. The summed E-state index contributed by atoms with van der Waals surface area (Å²) in [6, 6.07) is 9.73. The average Bonchev–Trinajstić information content (AvgIpc) is 3.07. The van der Waals surface area contributed by atoms with Gasteiger partial charge in [0.15, 0.2) is 5.76 Å². The van der Waals surface area contributed by atoms with Crippen LogP contribution in [0.15, 0.2) is 51.6 Å². The van der Waals surface area contributed by atoms with E-state index < -0.39 is 0 Å². The van der Waals surface area contributed by atoms with Crippen molar-refractivity contribution in [2.24, 2.45) is 0 Å². The van der Waals surface area contributed by atoms with Gasteiger partial charge < -0.3 is 14.1 Å². The highest BCUT2D eigenvalue weighted by Gasteiger charge is 2.28. The Balaban J connectivity index is 1.46. The van der Waals surface area contributed by atoms with Gasteiger partial charge in [-0.2, -0.15) is 0 Å². The van der Waals surface area contributed by atoms with E-state index in [2.05, 4.69) is 25.9 Å². The van der Waals surface area contributed by atoms with E-state index in [1.807, 2.05) is 24.3 Å². The van der Waals surface area contributed by atoms with Gasteiger partial charge in [0.2, 0.25) is 0 Å². The molecule has 4 rings (SSSR count). The van der Waals surface area contributed by atoms with Crippen LogP contribution in [0.3, 0.4) is 0 Å². The standard InChI is InChI=1S/C18H16BrN3O3/c19-13-9-20-18(21-10-13)24-14-5-3-7-22(11-14)17(23)16-8-12-4-1-2-6-15(12)25-16/h1-2,4,6,8-10,14H,3,5,7,11H2. The number of furan rings is 1. The molecule has 3 heterocycles. The van der Waals surface area contributed by atoms with Gasteiger partial charge in [-0.1, -0.05) is 18.2 Å². The van der Waals surface area contributed by atoms with Crippen molar-refractivity contribution in [2.45, 2.75) is 18.9 Å². The Morgan fingerprint density at radius 2 is 2.08 bits per heavy atom. The highest BCUT2D eigenvalue weighted by atomic mass is 79.9. The Kier molecular flexibility index (Phi) is 4.40. The van der Waals surface area contributed by atoms with Crippen LogP contribution in [0, 0.1) is 0 Å². The van der Waals surface area contributed by atoms with Crippen molar-refractivity contribution in [1.82, 2.24) is 14.9 Å². The topological polar surface area (TPSA) is 68.5 Å². The van der Waals surface area contributed by atoms with E-state index in [9.17, 15) is 4.79 Å². The fourth-order valence-corrected chi connectivity index (χ4v) is 3.18. The van der Waals surface area contributed by atoms with E-state index in [4.69, 9.17) is 9.15 Å². The molecule has 0 spiro atoms. The lowest BCUT2D eigenvalue weighted by Gasteiger charge is -2.31. The highest BCUT2D eigenvalue weighted by Crippen LogP contribution is 2.22. The van der Waals surface area contributed by atoms with Gasteiger partial charge in [-0.3, -0.25) is 4.79 Å². The Morgan fingerprint density at radius 3 is 2.88 bits per heavy atom. The third-order valence-corrected chi connectivity index (χ3v) is 4.58. The number of halogens is 1. The van der Waals surface area contributed by atoms with E-state index >= 15 is 0 Å². The zero-order chi connectivity index (χ0) is 17.2. The largest absolute Gasteiger partial charge is 0.458 e. The molecule has 3 aromatic rings. The van der Waals surface area contributed by atoms with Gasteiger partial charge in [0.25, 0.3) is 5.91 Å². The number of fused-ring (bicyclic) bond motifs is 1. The highest BCUT2D eigenvalue weighted by molar-refractivity contribution is 9.10. The Bertz CT molecular complexity index is 861. The molecular weight excluding hydrogens is 386 g/mol. The molecule has 1 saturated heterocycles. The first-order chi connectivity index (χ1) is 12.2. The van der Waals surface area contributed by atoms with E-state index in [-0.39, 0.29) is 12.0 Å².